The fourth-order valence-electron chi connectivity index (χ4n) is 2.52. The lowest BCUT2D eigenvalue weighted by atomic mass is 10.1. The molecule has 2 N–H and O–H groups in total. The minimum atomic E-state index is -0.189. The van der Waals surface area contributed by atoms with E-state index in [2.05, 4.69) is 15.6 Å². The maximum Gasteiger partial charge on any atom is 0.191 e. The highest BCUT2D eigenvalue weighted by molar-refractivity contribution is 14.0. The number of furan rings is 1. The number of nitrogens with one attached hydrogen (secondary N) is 2. The quantitative estimate of drug-likeness (QED) is 0.351. The van der Waals surface area contributed by atoms with Crippen molar-refractivity contribution in [1.29, 1.82) is 0 Å². The van der Waals surface area contributed by atoms with E-state index in [0.29, 0.717) is 24.6 Å². The molecule has 4 nitrogen and oxygen atoms in total. The van der Waals surface area contributed by atoms with Crippen molar-refractivity contribution in [3.8, 4) is 0 Å². The van der Waals surface area contributed by atoms with Gasteiger partial charge in [0.15, 0.2) is 5.96 Å². The van der Waals surface area contributed by atoms with E-state index in [4.69, 9.17) is 4.42 Å². The topological polar surface area (TPSA) is 49.6 Å². The minimum absolute atomic E-state index is 0. The van der Waals surface area contributed by atoms with Gasteiger partial charge in [0, 0.05) is 19.0 Å². The van der Waals surface area contributed by atoms with Crippen molar-refractivity contribution in [2.45, 2.75) is 20.0 Å². The van der Waals surface area contributed by atoms with Crippen LogP contribution in [-0.2, 0) is 13.1 Å². The molecular formula is C19H21FIN3O. The van der Waals surface area contributed by atoms with Gasteiger partial charge in [-0.05, 0) is 36.2 Å². The van der Waals surface area contributed by atoms with Gasteiger partial charge < -0.3 is 15.1 Å². The molecule has 0 bridgehead atoms. The first-order valence-electron chi connectivity index (χ1n) is 7.82. The molecule has 0 aliphatic rings. The Labute approximate surface area is 163 Å². The monoisotopic (exact) mass is 453 g/mol. The third kappa shape index (κ3) is 4.94. The van der Waals surface area contributed by atoms with Gasteiger partial charge in [0.2, 0.25) is 0 Å². The number of nitrogens with zero attached hydrogens (tertiary/aromatic N) is 1. The Bertz CT molecular complexity index is 843. The van der Waals surface area contributed by atoms with Crippen LogP contribution in [0.4, 0.5) is 4.39 Å². The number of aliphatic imine (C=N–C) groups is 1. The van der Waals surface area contributed by atoms with Crippen LogP contribution in [0.3, 0.4) is 0 Å². The second kappa shape index (κ2) is 8.84. The molecule has 1 aromatic heterocycles. The molecule has 3 rings (SSSR count). The number of guanidine groups is 1. The molecule has 1 heterocycles. The lowest BCUT2D eigenvalue weighted by Crippen LogP contribution is -2.36. The molecule has 132 valence electrons. The maximum atomic E-state index is 13.3. The lowest BCUT2D eigenvalue weighted by Gasteiger charge is -2.11. The van der Waals surface area contributed by atoms with Crippen LogP contribution in [0.5, 0.6) is 0 Å². The van der Waals surface area contributed by atoms with Gasteiger partial charge in [-0.1, -0.05) is 30.3 Å². The second-order valence-corrected chi connectivity index (χ2v) is 5.61. The zero-order valence-electron chi connectivity index (χ0n) is 14.2. The average Bonchev–Trinajstić information content (AvgIpc) is 3.01. The number of benzene rings is 2. The van der Waals surface area contributed by atoms with E-state index in [-0.39, 0.29) is 29.8 Å². The normalized spacial score (nSPS) is 11.2. The first-order valence-corrected chi connectivity index (χ1v) is 7.82. The molecule has 3 aromatic rings. The molecule has 0 saturated carbocycles. The Hall–Kier alpha value is -2.09. The summed E-state index contributed by atoms with van der Waals surface area (Å²) in [4.78, 5) is 4.19. The Morgan fingerprint density at radius 2 is 1.84 bits per heavy atom. The highest BCUT2D eigenvalue weighted by Gasteiger charge is 2.05. The minimum Gasteiger partial charge on any atom is -0.459 e. The summed E-state index contributed by atoms with van der Waals surface area (Å²) in [6.07, 6.45) is 0. The standard InChI is InChI=1S/C19H20FN3O.HI/c1-13-9-14(7-8-17(13)20)11-22-19(21-2)23-12-16-10-15-5-3-4-6-18(15)24-16;/h3-10H,11-12H2,1-2H3,(H2,21,22,23);1H. The van der Waals surface area contributed by atoms with Crippen LogP contribution < -0.4 is 10.6 Å². The number of hydrogen-bond donors (Lipinski definition) is 2. The first kappa shape index (κ1) is 19.2. The van der Waals surface area contributed by atoms with Gasteiger partial charge >= 0.3 is 0 Å². The first-order chi connectivity index (χ1) is 11.7. The Balaban J connectivity index is 0.00000225. The molecule has 0 aliphatic heterocycles. The van der Waals surface area contributed by atoms with Gasteiger partial charge in [-0.15, -0.1) is 24.0 Å². The van der Waals surface area contributed by atoms with E-state index in [1.54, 1.807) is 20.0 Å². The molecule has 25 heavy (non-hydrogen) atoms. The van der Waals surface area contributed by atoms with Crippen molar-refractivity contribution < 1.29 is 8.81 Å². The Morgan fingerprint density at radius 1 is 1.08 bits per heavy atom. The van der Waals surface area contributed by atoms with Gasteiger partial charge in [0.25, 0.3) is 0 Å². The molecule has 0 atom stereocenters. The molecule has 0 spiro atoms. The largest absolute Gasteiger partial charge is 0.459 e. The number of halogens is 2. The van der Waals surface area contributed by atoms with Crippen LogP contribution in [0.25, 0.3) is 11.0 Å². The Morgan fingerprint density at radius 3 is 2.56 bits per heavy atom. The van der Waals surface area contributed by atoms with Crippen LogP contribution in [0.1, 0.15) is 16.9 Å². The predicted octanol–water partition coefficient (Wildman–Crippen LogP) is 4.36. The highest BCUT2D eigenvalue weighted by atomic mass is 127. The average molecular weight is 453 g/mol. The van der Waals surface area contributed by atoms with Crippen LogP contribution in [0.2, 0.25) is 0 Å². The van der Waals surface area contributed by atoms with Crippen molar-refractivity contribution in [3.05, 3.63) is 71.2 Å². The highest BCUT2D eigenvalue weighted by Crippen LogP contribution is 2.18. The third-order valence-corrected chi connectivity index (χ3v) is 3.81. The predicted molar refractivity (Wildman–Crippen MR) is 110 cm³/mol. The van der Waals surface area contributed by atoms with Gasteiger partial charge in [-0.2, -0.15) is 0 Å². The van der Waals surface area contributed by atoms with E-state index in [1.807, 2.05) is 36.4 Å². The zero-order valence-corrected chi connectivity index (χ0v) is 16.5. The summed E-state index contributed by atoms with van der Waals surface area (Å²) in [5.74, 6) is 1.32. The van der Waals surface area contributed by atoms with E-state index >= 15 is 0 Å². The van der Waals surface area contributed by atoms with Crippen molar-refractivity contribution >= 4 is 40.9 Å². The summed E-state index contributed by atoms with van der Waals surface area (Å²) in [5, 5.41) is 7.51. The molecular weight excluding hydrogens is 432 g/mol. The van der Waals surface area contributed by atoms with E-state index in [1.165, 1.54) is 6.07 Å². The second-order valence-electron chi connectivity index (χ2n) is 5.61. The molecule has 2 aromatic carbocycles. The fraction of sp³-hybridized carbons (Fsp3) is 0.211. The summed E-state index contributed by atoms with van der Waals surface area (Å²) < 4.78 is 19.1. The third-order valence-electron chi connectivity index (χ3n) is 3.81. The SMILES string of the molecule is CN=C(NCc1ccc(F)c(C)c1)NCc1cc2ccccc2o1.I. The summed E-state index contributed by atoms with van der Waals surface area (Å²) in [6, 6.07) is 15.0. The number of hydrogen-bond acceptors (Lipinski definition) is 2. The van der Waals surface area contributed by atoms with E-state index in [0.717, 1.165) is 22.3 Å². The number of fused-ring (bicyclic) bond motifs is 1. The molecule has 6 heteroatoms. The van der Waals surface area contributed by atoms with Crippen molar-refractivity contribution in [2.75, 3.05) is 7.05 Å². The van der Waals surface area contributed by atoms with E-state index < -0.39 is 0 Å². The summed E-state index contributed by atoms with van der Waals surface area (Å²) in [5.41, 5.74) is 2.51. The smallest absolute Gasteiger partial charge is 0.191 e. The number of para-hydroxylation sites is 1. The van der Waals surface area contributed by atoms with Gasteiger partial charge in [0.05, 0.1) is 6.54 Å². The zero-order chi connectivity index (χ0) is 16.9. The van der Waals surface area contributed by atoms with Crippen molar-refractivity contribution in [1.82, 2.24) is 10.6 Å². The van der Waals surface area contributed by atoms with Crippen molar-refractivity contribution in [3.63, 3.8) is 0 Å². The van der Waals surface area contributed by atoms with Crippen LogP contribution in [0.15, 0.2) is 57.9 Å². The van der Waals surface area contributed by atoms with Gasteiger partial charge in [-0.3, -0.25) is 4.99 Å². The van der Waals surface area contributed by atoms with Gasteiger partial charge in [-0.25, -0.2) is 4.39 Å². The van der Waals surface area contributed by atoms with E-state index in [9.17, 15) is 4.39 Å². The fourth-order valence-corrected chi connectivity index (χ4v) is 2.52. The van der Waals surface area contributed by atoms with Crippen LogP contribution in [0, 0.1) is 12.7 Å². The van der Waals surface area contributed by atoms with Crippen LogP contribution >= 0.6 is 24.0 Å². The summed E-state index contributed by atoms with van der Waals surface area (Å²) >= 11 is 0. The molecule has 0 radical (unpaired) electrons. The molecule has 0 fully saturated rings. The summed E-state index contributed by atoms with van der Waals surface area (Å²) in [7, 11) is 1.71. The van der Waals surface area contributed by atoms with Gasteiger partial charge in [0.1, 0.15) is 17.2 Å². The maximum absolute atomic E-state index is 13.3. The lowest BCUT2D eigenvalue weighted by molar-refractivity contribution is 0.538. The molecule has 0 unspecified atom stereocenters. The molecule has 0 aliphatic carbocycles. The van der Waals surface area contributed by atoms with Crippen molar-refractivity contribution in [2.24, 2.45) is 4.99 Å². The van der Waals surface area contributed by atoms with Crippen LogP contribution in [-0.4, -0.2) is 13.0 Å². The summed E-state index contributed by atoms with van der Waals surface area (Å²) in [6.45, 7) is 2.87. The molecule has 0 amide bonds. The Kier molecular flexibility index (Phi) is 6.81. The molecule has 0 saturated heterocycles. The number of aryl methyl sites for hydroxylation is 1. The number of rotatable bonds is 4.